The second kappa shape index (κ2) is 7.10. The van der Waals surface area contributed by atoms with Crippen molar-refractivity contribution in [3.05, 3.63) is 69.7 Å². The molecule has 7 heteroatoms. The molecule has 24 heavy (non-hydrogen) atoms. The van der Waals surface area contributed by atoms with E-state index in [-0.39, 0.29) is 5.69 Å². The van der Waals surface area contributed by atoms with Crippen LogP contribution in [0, 0.1) is 10.1 Å². The van der Waals surface area contributed by atoms with Crippen LogP contribution in [0.5, 0.6) is 11.5 Å². The summed E-state index contributed by atoms with van der Waals surface area (Å²) in [5.41, 5.74) is 1.76. The van der Waals surface area contributed by atoms with E-state index in [4.69, 9.17) is 9.47 Å². The number of non-ortho nitro benzene ring substituents is 1. The van der Waals surface area contributed by atoms with Gasteiger partial charge in [-0.15, -0.1) is 11.3 Å². The zero-order valence-electron chi connectivity index (χ0n) is 12.8. The number of para-hydroxylation sites is 1. The van der Waals surface area contributed by atoms with E-state index >= 15 is 0 Å². The highest BCUT2D eigenvalue weighted by atomic mass is 32.1. The summed E-state index contributed by atoms with van der Waals surface area (Å²) in [4.78, 5) is 14.7. The van der Waals surface area contributed by atoms with Gasteiger partial charge in [0.25, 0.3) is 5.69 Å². The lowest BCUT2D eigenvalue weighted by atomic mass is 10.2. The predicted molar refractivity (Wildman–Crippen MR) is 91.5 cm³/mol. The maximum Gasteiger partial charge on any atom is 0.269 e. The zero-order chi connectivity index (χ0) is 16.9. The molecule has 1 aromatic heterocycles. The van der Waals surface area contributed by atoms with Crippen molar-refractivity contribution >= 4 is 17.0 Å². The Morgan fingerprint density at radius 3 is 2.62 bits per heavy atom. The molecule has 3 rings (SSSR count). The lowest BCUT2D eigenvalue weighted by molar-refractivity contribution is -0.384. The highest BCUT2D eigenvalue weighted by Gasteiger charge is 2.10. The molecule has 0 unspecified atom stereocenters. The number of methoxy groups -OCH3 is 1. The van der Waals surface area contributed by atoms with Crippen LogP contribution in [0.3, 0.4) is 0 Å². The number of thiazole rings is 1. The molecule has 0 radical (unpaired) electrons. The van der Waals surface area contributed by atoms with Crippen molar-refractivity contribution in [2.75, 3.05) is 7.11 Å². The molecule has 0 bridgehead atoms. The number of nitrogens with zero attached hydrogens (tertiary/aromatic N) is 2. The number of benzene rings is 2. The van der Waals surface area contributed by atoms with Crippen LogP contribution < -0.4 is 9.47 Å². The Bertz CT molecular complexity index is 846. The van der Waals surface area contributed by atoms with Gasteiger partial charge in [-0.1, -0.05) is 12.1 Å². The minimum Gasteiger partial charge on any atom is -0.496 e. The minimum absolute atomic E-state index is 0.0365. The van der Waals surface area contributed by atoms with Gasteiger partial charge in [0.2, 0.25) is 0 Å². The van der Waals surface area contributed by atoms with Gasteiger partial charge in [0.1, 0.15) is 23.1 Å². The molecular formula is C17H14N2O4S. The standard InChI is InChI=1S/C17H14N2O4S/c1-22-16-5-3-2-4-15(16)17-18-12(11-24-17)10-23-14-8-6-13(7-9-14)19(20)21/h2-9,11H,10H2,1H3. The normalized spacial score (nSPS) is 10.4. The summed E-state index contributed by atoms with van der Waals surface area (Å²) in [6.45, 7) is 0.295. The third-order valence-corrected chi connectivity index (χ3v) is 4.25. The highest BCUT2D eigenvalue weighted by Crippen LogP contribution is 2.32. The van der Waals surface area contributed by atoms with E-state index < -0.39 is 4.92 Å². The molecule has 0 amide bonds. The average Bonchev–Trinajstić information content (AvgIpc) is 3.09. The molecule has 0 atom stereocenters. The zero-order valence-corrected chi connectivity index (χ0v) is 13.7. The van der Waals surface area contributed by atoms with E-state index in [1.807, 2.05) is 29.6 Å². The van der Waals surface area contributed by atoms with Gasteiger partial charge in [0.15, 0.2) is 0 Å². The van der Waals surface area contributed by atoms with Crippen LogP contribution in [0.1, 0.15) is 5.69 Å². The quantitative estimate of drug-likeness (QED) is 0.493. The average molecular weight is 342 g/mol. The molecule has 0 N–H and O–H groups in total. The van der Waals surface area contributed by atoms with Gasteiger partial charge < -0.3 is 9.47 Å². The summed E-state index contributed by atoms with van der Waals surface area (Å²) in [6.07, 6.45) is 0. The third-order valence-electron chi connectivity index (χ3n) is 3.32. The monoisotopic (exact) mass is 342 g/mol. The summed E-state index contributed by atoms with van der Waals surface area (Å²) in [6, 6.07) is 13.7. The fraction of sp³-hybridized carbons (Fsp3) is 0.118. The van der Waals surface area contributed by atoms with Crippen LogP contribution in [0.4, 0.5) is 5.69 Å². The van der Waals surface area contributed by atoms with E-state index in [2.05, 4.69) is 4.98 Å². The Balaban J connectivity index is 1.69. The molecule has 0 aliphatic rings. The molecule has 2 aromatic carbocycles. The first kappa shape index (κ1) is 15.9. The molecular weight excluding hydrogens is 328 g/mol. The SMILES string of the molecule is COc1ccccc1-c1nc(COc2ccc([N+](=O)[O-])cc2)cs1. The van der Waals surface area contributed by atoms with Gasteiger partial charge in [-0.3, -0.25) is 10.1 Å². The minimum atomic E-state index is -0.441. The van der Waals surface area contributed by atoms with Gasteiger partial charge in [-0.05, 0) is 24.3 Å². The summed E-state index contributed by atoms with van der Waals surface area (Å²) in [5, 5.41) is 13.4. The first-order valence-corrected chi connectivity index (χ1v) is 8.00. The second-order valence-electron chi connectivity index (χ2n) is 4.88. The van der Waals surface area contributed by atoms with Crippen LogP contribution in [-0.4, -0.2) is 17.0 Å². The largest absolute Gasteiger partial charge is 0.496 e. The van der Waals surface area contributed by atoms with Crippen molar-refractivity contribution in [3.63, 3.8) is 0 Å². The first-order valence-electron chi connectivity index (χ1n) is 7.12. The summed E-state index contributed by atoms with van der Waals surface area (Å²) >= 11 is 1.51. The van der Waals surface area contributed by atoms with Crippen LogP contribution in [-0.2, 0) is 6.61 Å². The second-order valence-corrected chi connectivity index (χ2v) is 5.74. The Hall–Kier alpha value is -2.93. The number of nitro groups is 1. The Kier molecular flexibility index (Phi) is 4.72. The topological polar surface area (TPSA) is 74.5 Å². The van der Waals surface area contributed by atoms with Gasteiger partial charge in [-0.2, -0.15) is 0 Å². The van der Waals surface area contributed by atoms with Crippen molar-refractivity contribution in [1.82, 2.24) is 4.98 Å². The number of ether oxygens (including phenoxy) is 2. The van der Waals surface area contributed by atoms with Crippen LogP contribution in [0.25, 0.3) is 10.6 Å². The van der Waals surface area contributed by atoms with Crippen molar-refractivity contribution in [3.8, 4) is 22.1 Å². The molecule has 0 fully saturated rings. The van der Waals surface area contributed by atoms with Crippen molar-refractivity contribution in [2.45, 2.75) is 6.61 Å². The van der Waals surface area contributed by atoms with Crippen molar-refractivity contribution in [2.24, 2.45) is 0 Å². The van der Waals surface area contributed by atoms with E-state index in [1.54, 1.807) is 19.2 Å². The summed E-state index contributed by atoms with van der Waals surface area (Å²) in [5.74, 6) is 1.34. The first-order chi connectivity index (χ1) is 11.7. The van der Waals surface area contributed by atoms with Crippen LogP contribution in [0.2, 0.25) is 0 Å². The number of rotatable bonds is 6. The summed E-state index contributed by atoms with van der Waals surface area (Å²) in [7, 11) is 1.63. The fourth-order valence-corrected chi connectivity index (χ4v) is 2.97. The van der Waals surface area contributed by atoms with Crippen molar-refractivity contribution < 1.29 is 14.4 Å². The van der Waals surface area contributed by atoms with E-state index in [9.17, 15) is 10.1 Å². The van der Waals surface area contributed by atoms with Crippen molar-refractivity contribution in [1.29, 1.82) is 0 Å². The Labute approximate surface area is 142 Å². The molecule has 0 saturated heterocycles. The number of hydrogen-bond acceptors (Lipinski definition) is 6. The third kappa shape index (κ3) is 3.52. The molecule has 0 aliphatic heterocycles. The molecule has 0 saturated carbocycles. The smallest absolute Gasteiger partial charge is 0.269 e. The van der Waals surface area contributed by atoms with Gasteiger partial charge in [0, 0.05) is 17.5 Å². The van der Waals surface area contributed by atoms with Gasteiger partial charge in [0.05, 0.1) is 23.3 Å². The Morgan fingerprint density at radius 2 is 1.92 bits per heavy atom. The highest BCUT2D eigenvalue weighted by molar-refractivity contribution is 7.13. The lowest BCUT2D eigenvalue weighted by Crippen LogP contribution is -1.96. The predicted octanol–water partition coefficient (Wildman–Crippen LogP) is 4.31. The van der Waals surface area contributed by atoms with Crippen LogP contribution in [0.15, 0.2) is 53.9 Å². The lowest BCUT2D eigenvalue weighted by Gasteiger charge is -2.05. The Morgan fingerprint density at radius 1 is 1.17 bits per heavy atom. The molecule has 122 valence electrons. The van der Waals surface area contributed by atoms with E-state index in [0.29, 0.717) is 12.4 Å². The number of nitro benzene ring substituents is 1. The van der Waals surface area contributed by atoms with E-state index in [1.165, 1.54) is 23.5 Å². The van der Waals surface area contributed by atoms with Crippen LogP contribution >= 0.6 is 11.3 Å². The summed E-state index contributed by atoms with van der Waals surface area (Å²) < 4.78 is 11.0. The molecule has 1 heterocycles. The maximum atomic E-state index is 10.6. The molecule has 0 spiro atoms. The molecule has 0 aliphatic carbocycles. The van der Waals surface area contributed by atoms with Gasteiger partial charge in [-0.25, -0.2) is 4.98 Å². The fourth-order valence-electron chi connectivity index (χ4n) is 2.14. The van der Waals surface area contributed by atoms with E-state index in [0.717, 1.165) is 22.0 Å². The van der Waals surface area contributed by atoms with Gasteiger partial charge >= 0.3 is 0 Å². The maximum absolute atomic E-state index is 10.6. The molecule has 6 nitrogen and oxygen atoms in total. The number of hydrogen-bond donors (Lipinski definition) is 0. The molecule has 3 aromatic rings. The number of aromatic nitrogens is 1.